The van der Waals surface area contributed by atoms with Crippen LogP contribution in [-0.2, 0) is 0 Å². The van der Waals surface area contributed by atoms with E-state index in [0.29, 0.717) is 35.4 Å². The summed E-state index contributed by atoms with van der Waals surface area (Å²) in [5, 5.41) is 4.93. The topological polar surface area (TPSA) is 81.6 Å². The number of carbonyl (C=O) groups excluding carboxylic acids is 1. The zero-order chi connectivity index (χ0) is 17.7. The van der Waals surface area contributed by atoms with Crippen LogP contribution >= 0.6 is 0 Å². The Kier molecular flexibility index (Phi) is 3.48. The van der Waals surface area contributed by atoms with Gasteiger partial charge in [0.05, 0.1) is 7.11 Å². The maximum Gasteiger partial charge on any atom is 0.290 e. The van der Waals surface area contributed by atoms with E-state index in [-0.39, 0.29) is 11.9 Å². The monoisotopic (exact) mass is 353 g/mol. The van der Waals surface area contributed by atoms with Crippen LogP contribution in [0, 0.1) is 0 Å². The molecule has 3 heterocycles. The fraction of sp³-hybridized carbons (Fsp3) is 0.421. The second-order valence-electron chi connectivity index (χ2n) is 6.91. The van der Waals surface area contributed by atoms with Crippen molar-refractivity contribution in [1.29, 1.82) is 0 Å². The lowest BCUT2D eigenvalue weighted by molar-refractivity contribution is 0.0680. The molecule has 1 aromatic carbocycles. The van der Waals surface area contributed by atoms with Crippen molar-refractivity contribution in [2.24, 2.45) is 0 Å². The van der Waals surface area contributed by atoms with Crippen molar-refractivity contribution < 1.29 is 18.5 Å². The second-order valence-corrected chi connectivity index (χ2v) is 6.91. The Morgan fingerprint density at radius 1 is 1.31 bits per heavy atom. The summed E-state index contributed by atoms with van der Waals surface area (Å²) in [5.41, 5.74) is 0.586. The minimum atomic E-state index is -0.183. The van der Waals surface area contributed by atoms with E-state index in [1.165, 1.54) is 0 Å². The first kappa shape index (κ1) is 15.4. The zero-order valence-electron chi connectivity index (χ0n) is 14.5. The summed E-state index contributed by atoms with van der Waals surface area (Å²) in [6, 6.07) is 7.17. The Morgan fingerprint density at radius 3 is 3.00 bits per heavy atom. The van der Waals surface area contributed by atoms with Gasteiger partial charge in [-0.2, -0.15) is 4.98 Å². The maximum atomic E-state index is 13.1. The highest BCUT2D eigenvalue weighted by Gasteiger charge is 2.37. The molecule has 0 spiro atoms. The third-order valence-corrected chi connectivity index (χ3v) is 5.14. The van der Waals surface area contributed by atoms with Crippen LogP contribution in [0.4, 0.5) is 0 Å². The predicted octanol–water partition coefficient (Wildman–Crippen LogP) is 3.68. The molecule has 1 amide bonds. The van der Waals surface area contributed by atoms with Crippen LogP contribution in [0.5, 0.6) is 5.75 Å². The van der Waals surface area contributed by atoms with Gasteiger partial charge in [-0.05, 0) is 37.8 Å². The smallest absolute Gasteiger partial charge is 0.290 e. The van der Waals surface area contributed by atoms with Crippen molar-refractivity contribution in [3.8, 4) is 5.75 Å². The number of amides is 1. The van der Waals surface area contributed by atoms with Crippen molar-refractivity contribution >= 4 is 16.9 Å². The molecule has 5 rings (SSSR count). The number of ether oxygens (including phenoxy) is 1. The summed E-state index contributed by atoms with van der Waals surface area (Å²) in [5.74, 6) is 2.50. The molecule has 1 aliphatic carbocycles. The molecule has 0 bridgehead atoms. The summed E-state index contributed by atoms with van der Waals surface area (Å²) in [6.07, 6.45) is 3.96. The van der Waals surface area contributed by atoms with E-state index in [4.69, 9.17) is 13.7 Å². The highest BCUT2D eigenvalue weighted by Crippen LogP contribution is 2.40. The fourth-order valence-corrected chi connectivity index (χ4v) is 3.60. The van der Waals surface area contributed by atoms with Crippen molar-refractivity contribution in [3.05, 3.63) is 41.7 Å². The molecule has 2 aliphatic rings. The minimum Gasteiger partial charge on any atom is -0.493 e. The van der Waals surface area contributed by atoms with Gasteiger partial charge >= 0.3 is 0 Å². The van der Waals surface area contributed by atoms with E-state index in [0.717, 1.165) is 36.9 Å². The van der Waals surface area contributed by atoms with Gasteiger partial charge in [0, 0.05) is 17.8 Å². The van der Waals surface area contributed by atoms with Gasteiger partial charge in [-0.3, -0.25) is 4.79 Å². The molecule has 7 nitrogen and oxygen atoms in total. The van der Waals surface area contributed by atoms with E-state index in [2.05, 4.69) is 10.1 Å². The Bertz CT molecular complexity index is 972. The molecule has 7 heteroatoms. The lowest BCUT2D eigenvalue weighted by Gasteiger charge is -2.20. The molecule has 1 aliphatic heterocycles. The summed E-state index contributed by atoms with van der Waals surface area (Å²) in [7, 11) is 1.59. The van der Waals surface area contributed by atoms with Gasteiger partial charge in [-0.25, -0.2) is 0 Å². The number of nitrogens with zero attached hydrogens (tertiary/aromatic N) is 3. The highest BCUT2D eigenvalue weighted by molar-refractivity contribution is 5.97. The first-order valence-corrected chi connectivity index (χ1v) is 8.95. The van der Waals surface area contributed by atoms with E-state index >= 15 is 0 Å². The molecular formula is C19H19N3O4. The van der Waals surface area contributed by atoms with Crippen molar-refractivity contribution in [2.75, 3.05) is 13.7 Å². The van der Waals surface area contributed by atoms with E-state index in [9.17, 15) is 4.79 Å². The molecule has 26 heavy (non-hydrogen) atoms. The molecule has 1 atom stereocenters. The average molecular weight is 353 g/mol. The van der Waals surface area contributed by atoms with Crippen LogP contribution in [0.3, 0.4) is 0 Å². The molecule has 3 aromatic rings. The van der Waals surface area contributed by atoms with Gasteiger partial charge in [0.15, 0.2) is 22.9 Å². The Morgan fingerprint density at radius 2 is 2.19 bits per heavy atom. The zero-order valence-corrected chi connectivity index (χ0v) is 14.5. The third kappa shape index (κ3) is 2.46. The van der Waals surface area contributed by atoms with Crippen LogP contribution in [0.2, 0.25) is 0 Å². The van der Waals surface area contributed by atoms with Gasteiger partial charge in [-0.1, -0.05) is 17.3 Å². The number of methoxy groups -OCH3 is 1. The van der Waals surface area contributed by atoms with Crippen molar-refractivity contribution in [1.82, 2.24) is 15.0 Å². The number of likely N-dealkylation sites (tertiary alicyclic amines) is 1. The van der Waals surface area contributed by atoms with Crippen LogP contribution in [0.15, 0.2) is 33.2 Å². The Labute approximate surface area is 149 Å². The third-order valence-electron chi connectivity index (χ3n) is 5.14. The SMILES string of the molecule is COc1cccc2cc(C(=O)N3CCCC3c3nc(C4CC4)no3)oc12. The first-order chi connectivity index (χ1) is 12.7. The first-order valence-electron chi connectivity index (χ1n) is 8.95. The van der Waals surface area contributed by atoms with Crippen molar-refractivity contribution in [3.63, 3.8) is 0 Å². The van der Waals surface area contributed by atoms with Crippen LogP contribution < -0.4 is 4.74 Å². The lowest BCUT2D eigenvalue weighted by Crippen LogP contribution is -2.30. The molecule has 1 saturated carbocycles. The number of fused-ring (bicyclic) bond motifs is 1. The Hall–Kier alpha value is -2.83. The van der Waals surface area contributed by atoms with Crippen LogP contribution in [0.25, 0.3) is 11.0 Å². The number of benzene rings is 1. The van der Waals surface area contributed by atoms with Crippen LogP contribution in [0.1, 0.15) is 59.9 Å². The molecule has 0 radical (unpaired) electrons. The maximum absolute atomic E-state index is 13.1. The predicted molar refractivity (Wildman–Crippen MR) is 92.1 cm³/mol. The number of furan rings is 1. The van der Waals surface area contributed by atoms with E-state index in [1.54, 1.807) is 18.1 Å². The Balaban J connectivity index is 1.45. The van der Waals surface area contributed by atoms with Gasteiger partial charge in [0.1, 0.15) is 6.04 Å². The highest BCUT2D eigenvalue weighted by atomic mass is 16.5. The van der Waals surface area contributed by atoms with Gasteiger partial charge < -0.3 is 18.6 Å². The van der Waals surface area contributed by atoms with Crippen LogP contribution in [-0.4, -0.2) is 34.6 Å². The molecular weight excluding hydrogens is 334 g/mol. The second kappa shape index (κ2) is 5.86. The van der Waals surface area contributed by atoms with Gasteiger partial charge in [0.25, 0.3) is 5.91 Å². The molecule has 0 N–H and O–H groups in total. The summed E-state index contributed by atoms with van der Waals surface area (Å²) >= 11 is 0. The molecule has 1 unspecified atom stereocenters. The largest absolute Gasteiger partial charge is 0.493 e. The number of rotatable bonds is 4. The quantitative estimate of drug-likeness (QED) is 0.712. The summed E-state index contributed by atoms with van der Waals surface area (Å²) < 4.78 is 16.6. The molecule has 2 fully saturated rings. The number of hydrogen-bond donors (Lipinski definition) is 0. The van der Waals surface area contributed by atoms with Gasteiger partial charge in [-0.15, -0.1) is 0 Å². The standard InChI is InChI=1S/C19H19N3O4/c1-24-14-6-2-4-12-10-15(25-16(12)14)19(23)22-9-3-5-13(22)18-20-17(21-26-18)11-7-8-11/h2,4,6,10-11,13H,3,5,7-9H2,1H3. The van der Waals surface area contributed by atoms with Gasteiger partial charge in [0.2, 0.25) is 5.89 Å². The van der Waals surface area contributed by atoms with E-state index in [1.807, 2.05) is 18.2 Å². The normalized spacial score (nSPS) is 20.0. The summed E-state index contributed by atoms with van der Waals surface area (Å²) in [4.78, 5) is 19.4. The minimum absolute atomic E-state index is 0.156. The van der Waals surface area contributed by atoms with E-state index < -0.39 is 0 Å². The average Bonchev–Trinajstić information content (AvgIpc) is 3.08. The summed E-state index contributed by atoms with van der Waals surface area (Å²) in [6.45, 7) is 0.652. The fourth-order valence-electron chi connectivity index (χ4n) is 3.60. The molecule has 1 saturated heterocycles. The van der Waals surface area contributed by atoms with Crippen molar-refractivity contribution in [2.45, 2.75) is 37.6 Å². The number of carbonyl (C=O) groups is 1. The number of hydrogen-bond acceptors (Lipinski definition) is 6. The lowest BCUT2D eigenvalue weighted by atomic mass is 10.2. The molecule has 134 valence electrons. The number of para-hydroxylation sites is 1. The number of aromatic nitrogens is 2. The molecule has 2 aromatic heterocycles.